The lowest BCUT2D eigenvalue weighted by molar-refractivity contribution is -0.383. The summed E-state index contributed by atoms with van der Waals surface area (Å²) in [6.45, 7) is 1.58. The second-order valence-electron chi connectivity index (χ2n) is 7.66. The van der Waals surface area contributed by atoms with E-state index in [0.717, 1.165) is 16.5 Å². The Bertz CT molecular complexity index is 1450. The molecular formula is C23H20N4O4S. The van der Waals surface area contributed by atoms with Crippen molar-refractivity contribution in [3.8, 4) is 0 Å². The molecule has 0 atom stereocenters. The second kappa shape index (κ2) is 7.85. The van der Waals surface area contributed by atoms with E-state index in [2.05, 4.69) is 4.98 Å². The minimum absolute atomic E-state index is 0.00867. The molecule has 0 saturated carbocycles. The number of pyridine rings is 1. The lowest BCUT2D eigenvalue weighted by atomic mass is 10.1. The summed E-state index contributed by atoms with van der Waals surface area (Å²) >= 11 is 0. The van der Waals surface area contributed by atoms with E-state index < -0.39 is 14.9 Å². The lowest BCUT2D eigenvalue weighted by Crippen LogP contribution is -2.48. The fourth-order valence-corrected chi connectivity index (χ4v) is 5.66. The SMILES string of the molecule is O=[N+]([O-])c1ccc(N2CCN(S(=O)(=O)c3ccc4ccccc4c3)CC2)c2ncccc12. The maximum absolute atomic E-state index is 13.2. The van der Waals surface area contributed by atoms with Crippen molar-refractivity contribution in [2.75, 3.05) is 31.1 Å². The molecule has 0 amide bonds. The quantitative estimate of drug-likeness (QED) is 0.348. The molecular weight excluding hydrogens is 428 g/mol. The molecule has 1 saturated heterocycles. The first kappa shape index (κ1) is 20.3. The van der Waals surface area contributed by atoms with Gasteiger partial charge in [0.1, 0.15) is 5.52 Å². The van der Waals surface area contributed by atoms with E-state index in [-0.39, 0.29) is 10.6 Å². The minimum atomic E-state index is -3.62. The van der Waals surface area contributed by atoms with Crippen molar-refractivity contribution < 1.29 is 13.3 Å². The fourth-order valence-electron chi connectivity index (χ4n) is 4.20. The smallest absolute Gasteiger partial charge is 0.278 e. The average molecular weight is 449 g/mol. The van der Waals surface area contributed by atoms with Crippen molar-refractivity contribution in [3.05, 3.63) is 83.0 Å². The molecule has 8 nitrogen and oxygen atoms in total. The zero-order chi connectivity index (χ0) is 22.3. The van der Waals surface area contributed by atoms with Crippen molar-refractivity contribution in [1.29, 1.82) is 0 Å². The average Bonchev–Trinajstić information content (AvgIpc) is 2.83. The molecule has 0 radical (unpaired) electrons. The molecule has 0 bridgehead atoms. The molecule has 5 rings (SSSR count). The van der Waals surface area contributed by atoms with Gasteiger partial charge in [-0.05, 0) is 41.1 Å². The van der Waals surface area contributed by atoms with Crippen LogP contribution in [0.2, 0.25) is 0 Å². The maximum Gasteiger partial charge on any atom is 0.278 e. The van der Waals surface area contributed by atoms with Crippen LogP contribution in [0.4, 0.5) is 11.4 Å². The molecule has 2 heterocycles. The molecule has 1 aliphatic rings. The van der Waals surface area contributed by atoms with Crippen molar-refractivity contribution >= 4 is 43.1 Å². The molecule has 162 valence electrons. The Morgan fingerprint density at radius 3 is 2.38 bits per heavy atom. The highest BCUT2D eigenvalue weighted by Gasteiger charge is 2.30. The van der Waals surface area contributed by atoms with Gasteiger partial charge in [0.2, 0.25) is 10.0 Å². The summed E-state index contributed by atoms with van der Waals surface area (Å²) in [4.78, 5) is 17.6. The summed E-state index contributed by atoms with van der Waals surface area (Å²) in [5, 5.41) is 13.7. The van der Waals surface area contributed by atoms with Gasteiger partial charge >= 0.3 is 0 Å². The first-order valence-corrected chi connectivity index (χ1v) is 11.7. The highest BCUT2D eigenvalue weighted by molar-refractivity contribution is 7.89. The normalized spacial score (nSPS) is 15.3. The third-order valence-electron chi connectivity index (χ3n) is 5.86. The number of fused-ring (bicyclic) bond motifs is 2. The number of benzene rings is 3. The predicted molar refractivity (Wildman–Crippen MR) is 123 cm³/mol. The van der Waals surface area contributed by atoms with E-state index in [0.29, 0.717) is 37.1 Å². The monoisotopic (exact) mass is 448 g/mol. The Morgan fingerprint density at radius 1 is 0.875 bits per heavy atom. The summed E-state index contributed by atoms with van der Waals surface area (Å²) in [5.41, 5.74) is 1.33. The van der Waals surface area contributed by atoms with Gasteiger partial charge in [-0.1, -0.05) is 30.3 Å². The second-order valence-corrected chi connectivity index (χ2v) is 9.60. The third-order valence-corrected chi connectivity index (χ3v) is 7.75. The van der Waals surface area contributed by atoms with E-state index in [9.17, 15) is 18.5 Å². The Balaban J connectivity index is 1.40. The number of nitro benzene ring substituents is 1. The Labute approximate surface area is 184 Å². The van der Waals surface area contributed by atoms with Gasteiger partial charge in [-0.15, -0.1) is 0 Å². The van der Waals surface area contributed by atoms with Gasteiger partial charge < -0.3 is 4.90 Å². The number of piperazine rings is 1. The van der Waals surface area contributed by atoms with Crippen LogP contribution in [0, 0.1) is 10.1 Å². The topological polar surface area (TPSA) is 96.6 Å². The van der Waals surface area contributed by atoms with Crippen molar-refractivity contribution in [1.82, 2.24) is 9.29 Å². The van der Waals surface area contributed by atoms with Gasteiger partial charge in [0.05, 0.1) is 20.9 Å². The van der Waals surface area contributed by atoms with Crippen LogP contribution in [0.3, 0.4) is 0 Å². The number of anilines is 1. The maximum atomic E-state index is 13.2. The first-order chi connectivity index (χ1) is 15.4. The third kappa shape index (κ3) is 3.45. The van der Waals surface area contributed by atoms with Crippen molar-refractivity contribution in [2.45, 2.75) is 4.90 Å². The molecule has 0 aliphatic carbocycles. The standard InChI is InChI=1S/C23H20N4O4S/c28-27(29)21-9-10-22(23-20(21)6-3-11-24-23)25-12-14-26(15-13-25)32(30,31)19-8-7-17-4-1-2-5-18(17)16-19/h1-11,16H,12-15H2. The molecule has 9 heteroatoms. The first-order valence-electron chi connectivity index (χ1n) is 10.2. The molecule has 0 N–H and O–H groups in total. The molecule has 1 fully saturated rings. The number of sulfonamides is 1. The number of rotatable bonds is 4. The zero-order valence-corrected chi connectivity index (χ0v) is 17.9. The molecule has 32 heavy (non-hydrogen) atoms. The summed E-state index contributed by atoms with van der Waals surface area (Å²) in [6, 6.07) is 19.4. The van der Waals surface area contributed by atoms with Crippen LogP contribution in [0.25, 0.3) is 21.7 Å². The molecule has 1 aromatic heterocycles. The Kier molecular flexibility index (Phi) is 4.99. The van der Waals surface area contributed by atoms with Gasteiger partial charge in [-0.25, -0.2) is 8.42 Å². The van der Waals surface area contributed by atoms with E-state index in [1.54, 1.807) is 36.5 Å². The van der Waals surface area contributed by atoms with Crippen molar-refractivity contribution in [2.24, 2.45) is 0 Å². The molecule has 0 unspecified atom stereocenters. The summed E-state index contributed by atoms with van der Waals surface area (Å²) in [7, 11) is -3.62. The van der Waals surface area contributed by atoms with E-state index in [1.165, 1.54) is 10.4 Å². The number of aromatic nitrogens is 1. The van der Waals surface area contributed by atoms with Gasteiger partial charge in [0.15, 0.2) is 0 Å². The van der Waals surface area contributed by atoms with E-state index >= 15 is 0 Å². The predicted octanol–water partition coefficient (Wildman–Crippen LogP) is 3.81. The van der Waals surface area contributed by atoms with Crippen LogP contribution >= 0.6 is 0 Å². The molecule has 4 aromatic rings. The van der Waals surface area contributed by atoms with Gasteiger partial charge in [0, 0.05) is 38.4 Å². The number of nitro groups is 1. The Morgan fingerprint density at radius 2 is 1.62 bits per heavy atom. The number of hydrogen-bond donors (Lipinski definition) is 0. The molecule has 1 aliphatic heterocycles. The number of hydrogen-bond acceptors (Lipinski definition) is 6. The van der Waals surface area contributed by atoms with Crippen LogP contribution in [0.5, 0.6) is 0 Å². The summed E-state index contributed by atoms with van der Waals surface area (Å²) < 4.78 is 27.9. The number of non-ortho nitro benzene ring substituents is 1. The summed E-state index contributed by atoms with van der Waals surface area (Å²) in [6.07, 6.45) is 1.61. The lowest BCUT2D eigenvalue weighted by Gasteiger charge is -2.35. The zero-order valence-electron chi connectivity index (χ0n) is 17.1. The summed E-state index contributed by atoms with van der Waals surface area (Å²) in [5.74, 6) is 0. The van der Waals surface area contributed by atoms with Gasteiger partial charge in [-0.3, -0.25) is 15.1 Å². The van der Waals surface area contributed by atoms with Gasteiger partial charge in [0.25, 0.3) is 5.69 Å². The van der Waals surface area contributed by atoms with Gasteiger partial charge in [-0.2, -0.15) is 4.31 Å². The van der Waals surface area contributed by atoms with Crippen LogP contribution < -0.4 is 4.90 Å². The van der Waals surface area contributed by atoms with E-state index in [1.807, 2.05) is 35.2 Å². The molecule has 3 aromatic carbocycles. The largest absolute Gasteiger partial charge is 0.367 e. The highest BCUT2D eigenvalue weighted by Crippen LogP contribution is 2.33. The Hall–Kier alpha value is -3.56. The van der Waals surface area contributed by atoms with Crippen LogP contribution in [0.15, 0.2) is 77.8 Å². The highest BCUT2D eigenvalue weighted by atomic mass is 32.2. The van der Waals surface area contributed by atoms with Crippen molar-refractivity contribution in [3.63, 3.8) is 0 Å². The van der Waals surface area contributed by atoms with Crippen LogP contribution in [-0.2, 0) is 10.0 Å². The minimum Gasteiger partial charge on any atom is -0.367 e. The van der Waals surface area contributed by atoms with Crippen LogP contribution in [-0.4, -0.2) is 48.8 Å². The van der Waals surface area contributed by atoms with Crippen LogP contribution in [0.1, 0.15) is 0 Å². The fraction of sp³-hybridized carbons (Fsp3) is 0.174. The number of nitrogens with zero attached hydrogens (tertiary/aromatic N) is 4. The van der Waals surface area contributed by atoms with E-state index in [4.69, 9.17) is 0 Å². The molecule has 0 spiro atoms.